The number of nitrogens with one attached hydrogen (secondary N) is 1. The highest BCUT2D eigenvalue weighted by Gasteiger charge is 2.37. The molecule has 1 aliphatic heterocycles. The van der Waals surface area contributed by atoms with E-state index in [-0.39, 0.29) is 11.6 Å². The van der Waals surface area contributed by atoms with Crippen LogP contribution in [0.2, 0.25) is 0 Å². The summed E-state index contributed by atoms with van der Waals surface area (Å²) in [6.45, 7) is 4.89. The largest absolute Gasteiger partial charge is 0.367 e. The summed E-state index contributed by atoms with van der Waals surface area (Å²) in [4.78, 5) is 4.44. The van der Waals surface area contributed by atoms with Gasteiger partial charge < -0.3 is 14.6 Å². The summed E-state index contributed by atoms with van der Waals surface area (Å²) in [5.74, 6) is 1.32. The Morgan fingerprint density at radius 2 is 2.38 bits per heavy atom. The maximum absolute atomic E-state index is 5.68. The fourth-order valence-corrected chi connectivity index (χ4v) is 2.05. The zero-order valence-corrected chi connectivity index (χ0v) is 10.1. The molecule has 0 amide bonds. The molecule has 1 N–H and O–H groups in total. The summed E-state index contributed by atoms with van der Waals surface area (Å²) in [5, 5.41) is 7.18. The van der Waals surface area contributed by atoms with Crippen LogP contribution in [0.3, 0.4) is 0 Å². The summed E-state index contributed by atoms with van der Waals surface area (Å²) >= 11 is 0. The van der Waals surface area contributed by atoms with Gasteiger partial charge in [-0.2, -0.15) is 4.98 Å². The van der Waals surface area contributed by atoms with Crippen molar-refractivity contribution < 1.29 is 9.26 Å². The SMILES string of the molecule is CCC(NC)c1nc(C2(C)CCCO2)no1. The lowest BCUT2D eigenvalue weighted by Gasteiger charge is -2.17. The van der Waals surface area contributed by atoms with Crippen molar-refractivity contribution in [3.05, 3.63) is 11.7 Å². The predicted octanol–water partition coefficient (Wildman–Crippen LogP) is 1.77. The van der Waals surface area contributed by atoms with Crippen molar-refractivity contribution in [1.82, 2.24) is 15.5 Å². The molecule has 2 rings (SSSR count). The Labute approximate surface area is 95.6 Å². The van der Waals surface area contributed by atoms with Crippen LogP contribution in [-0.4, -0.2) is 23.8 Å². The molecule has 0 spiro atoms. The van der Waals surface area contributed by atoms with Gasteiger partial charge in [0.1, 0.15) is 5.60 Å². The number of rotatable bonds is 4. The van der Waals surface area contributed by atoms with Gasteiger partial charge in [0.2, 0.25) is 11.7 Å². The van der Waals surface area contributed by atoms with Crippen molar-refractivity contribution in [2.24, 2.45) is 0 Å². The molecule has 5 heteroatoms. The van der Waals surface area contributed by atoms with Crippen LogP contribution >= 0.6 is 0 Å². The molecule has 0 bridgehead atoms. The van der Waals surface area contributed by atoms with E-state index in [1.54, 1.807) is 0 Å². The first-order valence-electron chi connectivity index (χ1n) is 5.85. The van der Waals surface area contributed by atoms with Gasteiger partial charge in [-0.05, 0) is 33.2 Å². The molecule has 90 valence electrons. The molecule has 1 aromatic heterocycles. The first-order valence-corrected chi connectivity index (χ1v) is 5.85. The maximum Gasteiger partial charge on any atom is 0.243 e. The number of hydrogen-bond acceptors (Lipinski definition) is 5. The van der Waals surface area contributed by atoms with Crippen molar-refractivity contribution in [3.63, 3.8) is 0 Å². The maximum atomic E-state index is 5.68. The minimum absolute atomic E-state index is 0.131. The average Bonchev–Trinajstić information content (AvgIpc) is 2.90. The predicted molar refractivity (Wildman–Crippen MR) is 58.9 cm³/mol. The quantitative estimate of drug-likeness (QED) is 0.846. The number of hydrogen-bond donors (Lipinski definition) is 1. The summed E-state index contributed by atoms with van der Waals surface area (Å²) in [5.41, 5.74) is -0.353. The first kappa shape index (κ1) is 11.5. The number of nitrogens with zero attached hydrogens (tertiary/aromatic N) is 2. The van der Waals surface area contributed by atoms with Crippen LogP contribution in [0.5, 0.6) is 0 Å². The lowest BCUT2D eigenvalue weighted by molar-refractivity contribution is 0.00768. The van der Waals surface area contributed by atoms with E-state index < -0.39 is 0 Å². The Morgan fingerprint density at radius 3 is 2.94 bits per heavy atom. The third kappa shape index (κ3) is 1.97. The van der Waals surface area contributed by atoms with E-state index in [4.69, 9.17) is 9.26 Å². The lowest BCUT2D eigenvalue weighted by Crippen LogP contribution is -2.22. The smallest absolute Gasteiger partial charge is 0.243 e. The number of aromatic nitrogens is 2. The molecule has 1 saturated heterocycles. The van der Waals surface area contributed by atoms with Gasteiger partial charge in [-0.3, -0.25) is 0 Å². The normalized spacial score (nSPS) is 27.2. The molecular formula is C11H19N3O2. The van der Waals surface area contributed by atoms with Gasteiger partial charge in [-0.15, -0.1) is 0 Å². The van der Waals surface area contributed by atoms with Crippen molar-refractivity contribution in [1.29, 1.82) is 0 Å². The zero-order valence-electron chi connectivity index (χ0n) is 10.1. The summed E-state index contributed by atoms with van der Waals surface area (Å²) < 4.78 is 11.0. The molecular weight excluding hydrogens is 206 g/mol. The van der Waals surface area contributed by atoms with Crippen molar-refractivity contribution in [2.75, 3.05) is 13.7 Å². The standard InChI is InChI=1S/C11H19N3O2/c1-4-8(12-3)9-13-10(14-16-9)11(2)6-5-7-15-11/h8,12H,4-7H2,1-3H3. The van der Waals surface area contributed by atoms with Gasteiger partial charge in [0, 0.05) is 6.61 Å². The fourth-order valence-electron chi connectivity index (χ4n) is 2.05. The van der Waals surface area contributed by atoms with Gasteiger partial charge >= 0.3 is 0 Å². The van der Waals surface area contributed by atoms with Gasteiger partial charge in [0.05, 0.1) is 6.04 Å². The highest BCUT2D eigenvalue weighted by atomic mass is 16.5. The van der Waals surface area contributed by atoms with E-state index >= 15 is 0 Å². The van der Waals surface area contributed by atoms with E-state index in [0.717, 1.165) is 25.9 Å². The molecule has 0 radical (unpaired) electrons. The molecule has 2 unspecified atom stereocenters. The zero-order chi connectivity index (χ0) is 11.6. The molecule has 1 aromatic rings. The Hall–Kier alpha value is -0.940. The van der Waals surface area contributed by atoms with Crippen LogP contribution in [0.1, 0.15) is 50.9 Å². The Balaban J connectivity index is 2.18. The Morgan fingerprint density at radius 1 is 1.56 bits per heavy atom. The monoisotopic (exact) mass is 225 g/mol. The minimum atomic E-state index is -0.353. The topological polar surface area (TPSA) is 60.2 Å². The molecule has 5 nitrogen and oxygen atoms in total. The van der Waals surface area contributed by atoms with Gasteiger partial charge in [0.15, 0.2) is 0 Å². The molecule has 1 fully saturated rings. The second-order valence-corrected chi connectivity index (χ2v) is 4.39. The summed E-state index contributed by atoms with van der Waals surface area (Å²) in [6.07, 6.45) is 2.95. The van der Waals surface area contributed by atoms with E-state index in [1.165, 1.54) is 0 Å². The van der Waals surface area contributed by atoms with Gasteiger partial charge in [0.25, 0.3) is 0 Å². The second-order valence-electron chi connectivity index (χ2n) is 4.39. The van der Waals surface area contributed by atoms with Crippen molar-refractivity contribution in [2.45, 2.75) is 44.8 Å². The van der Waals surface area contributed by atoms with E-state index in [0.29, 0.717) is 11.7 Å². The third-order valence-electron chi connectivity index (χ3n) is 3.19. The molecule has 0 saturated carbocycles. The van der Waals surface area contributed by atoms with Crippen molar-refractivity contribution in [3.8, 4) is 0 Å². The van der Waals surface area contributed by atoms with E-state index in [1.807, 2.05) is 14.0 Å². The van der Waals surface area contributed by atoms with E-state index in [2.05, 4.69) is 22.4 Å². The van der Waals surface area contributed by atoms with Gasteiger partial charge in [-0.25, -0.2) is 0 Å². The molecule has 2 atom stereocenters. The molecule has 1 aliphatic rings. The molecule has 0 aliphatic carbocycles. The Kier molecular flexibility index (Phi) is 3.25. The van der Waals surface area contributed by atoms with Crippen LogP contribution in [0.25, 0.3) is 0 Å². The number of ether oxygens (including phenoxy) is 1. The molecule has 0 aromatic carbocycles. The first-order chi connectivity index (χ1) is 7.69. The van der Waals surface area contributed by atoms with Crippen LogP contribution in [0.4, 0.5) is 0 Å². The summed E-state index contributed by atoms with van der Waals surface area (Å²) in [6, 6.07) is 0.131. The van der Waals surface area contributed by atoms with Crippen LogP contribution in [-0.2, 0) is 10.3 Å². The van der Waals surface area contributed by atoms with Crippen molar-refractivity contribution >= 4 is 0 Å². The van der Waals surface area contributed by atoms with Gasteiger partial charge in [-0.1, -0.05) is 12.1 Å². The minimum Gasteiger partial charge on any atom is -0.367 e. The van der Waals surface area contributed by atoms with Crippen LogP contribution in [0, 0.1) is 0 Å². The van der Waals surface area contributed by atoms with Crippen LogP contribution in [0.15, 0.2) is 4.52 Å². The highest BCUT2D eigenvalue weighted by Crippen LogP contribution is 2.34. The second kappa shape index (κ2) is 4.51. The van der Waals surface area contributed by atoms with E-state index in [9.17, 15) is 0 Å². The molecule has 16 heavy (non-hydrogen) atoms. The summed E-state index contributed by atoms with van der Waals surface area (Å²) in [7, 11) is 1.89. The highest BCUT2D eigenvalue weighted by molar-refractivity contribution is 5.03. The Bertz CT molecular complexity index is 341. The third-order valence-corrected chi connectivity index (χ3v) is 3.19. The average molecular weight is 225 g/mol. The molecule has 2 heterocycles. The van der Waals surface area contributed by atoms with Crippen LogP contribution < -0.4 is 5.32 Å². The fraction of sp³-hybridized carbons (Fsp3) is 0.818. The lowest BCUT2D eigenvalue weighted by atomic mass is 10.0.